The first kappa shape index (κ1) is 30.8. The molecule has 0 N–H and O–H groups in total. The minimum atomic E-state index is 0. The van der Waals surface area contributed by atoms with Crippen molar-refractivity contribution in [2.45, 2.75) is 53.5 Å². The summed E-state index contributed by atoms with van der Waals surface area (Å²) in [5.41, 5.74) is 0. The molecule has 0 aromatic carbocycles. The third-order valence-corrected chi connectivity index (χ3v) is 1.99. The third kappa shape index (κ3) is 17.0. The monoisotopic (exact) mass is 268 g/mol. The smallest absolute Gasteiger partial charge is 0.521 e. The Kier molecular flexibility index (Phi) is 46.6. The van der Waals surface area contributed by atoms with Crippen LogP contribution in [0.15, 0.2) is 6.58 Å². The van der Waals surface area contributed by atoms with Gasteiger partial charge in [0.25, 0.3) is 0 Å². The number of carbonyl (C=O) groups excluding carboxylic acids is 1. The molecule has 0 aromatic heterocycles. The molecule has 0 radical (unpaired) electrons. The SMILES string of the molecule is CC.CC.CC(=O)C1CCCN1C.[CH-]=C.[CH3-].[K+]. The fourth-order valence-electron chi connectivity index (χ4n) is 1.42. The first-order chi connectivity index (χ1) is 7.22. The topological polar surface area (TPSA) is 20.3 Å². The van der Waals surface area contributed by atoms with Gasteiger partial charge in [-0.1, -0.05) is 27.7 Å². The average molecular weight is 269 g/mol. The number of nitrogens with zero attached hydrogens (tertiary/aromatic N) is 1. The van der Waals surface area contributed by atoms with Crippen LogP contribution in [0.2, 0.25) is 0 Å². The van der Waals surface area contributed by atoms with Crippen molar-refractivity contribution >= 4 is 5.78 Å². The average Bonchev–Trinajstić information content (AvgIpc) is 2.73. The predicted molar refractivity (Wildman–Crippen MR) is 75.4 cm³/mol. The van der Waals surface area contributed by atoms with Crippen molar-refractivity contribution in [3.05, 3.63) is 20.6 Å². The minimum Gasteiger partial charge on any atom is -0.521 e. The van der Waals surface area contributed by atoms with E-state index in [2.05, 4.69) is 18.1 Å². The Morgan fingerprint density at radius 3 is 1.71 bits per heavy atom. The van der Waals surface area contributed by atoms with E-state index in [4.69, 9.17) is 0 Å². The summed E-state index contributed by atoms with van der Waals surface area (Å²) < 4.78 is 0. The molecule has 1 heterocycles. The summed E-state index contributed by atoms with van der Waals surface area (Å²) in [5.74, 6) is 0.315. The molecule has 1 atom stereocenters. The van der Waals surface area contributed by atoms with E-state index < -0.39 is 0 Å². The number of carbonyl (C=O) groups is 1. The Bertz CT molecular complexity index is 140. The molecule has 1 saturated heterocycles. The maximum Gasteiger partial charge on any atom is 1.00 e. The van der Waals surface area contributed by atoms with Crippen LogP contribution in [0.5, 0.6) is 0 Å². The van der Waals surface area contributed by atoms with Gasteiger partial charge in [-0.05, 0) is 33.4 Å². The summed E-state index contributed by atoms with van der Waals surface area (Å²) in [6.07, 6.45) is 2.24. The normalized spacial score (nSPS) is 16.2. The zero-order valence-corrected chi connectivity index (χ0v) is 16.5. The van der Waals surface area contributed by atoms with E-state index in [1.54, 1.807) is 6.92 Å². The summed E-state index contributed by atoms with van der Waals surface area (Å²) in [6.45, 7) is 17.8. The minimum absolute atomic E-state index is 0. The van der Waals surface area contributed by atoms with E-state index in [0.29, 0.717) is 5.78 Å². The molecule has 0 aromatic rings. The number of ketones is 1. The van der Waals surface area contributed by atoms with Gasteiger partial charge in [0.05, 0.1) is 6.04 Å². The van der Waals surface area contributed by atoms with Crippen LogP contribution >= 0.6 is 0 Å². The number of hydrogen-bond donors (Lipinski definition) is 0. The maximum absolute atomic E-state index is 10.8. The number of likely N-dealkylation sites (tertiary alicyclic amines) is 1. The summed E-state index contributed by atoms with van der Waals surface area (Å²) in [5, 5.41) is 0. The first-order valence-electron chi connectivity index (χ1n) is 5.83. The zero-order chi connectivity index (χ0) is 12.9. The third-order valence-electron chi connectivity index (χ3n) is 1.99. The molecule has 100 valence electrons. The van der Waals surface area contributed by atoms with Gasteiger partial charge >= 0.3 is 51.4 Å². The molecule has 1 aliphatic heterocycles. The summed E-state index contributed by atoms with van der Waals surface area (Å²) in [7, 11) is 2.01. The second kappa shape index (κ2) is 25.8. The standard InChI is InChI=1S/C7H13NO.2C2H6.C2H3.CH3.K/c1-6(9)7-4-3-5-8(7)2;3*1-2;;/h7H,3-5H2,1-2H3;2*1-2H3;1H,2H2;1H3;/q;;;2*-1;+1. The Balaban J connectivity index is -0.0000000530. The van der Waals surface area contributed by atoms with Crippen LogP contribution in [0.1, 0.15) is 47.5 Å². The van der Waals surface area contributed by atoms with Crippen LogP contribution in [-0.2, 0) is 4.79 Å². The molecule has 17 heavy (non-hydrogen) atoms. The molecule has 0 spiro atoms. The van der Waals surface area contributed by atoms with Gasteiger partial charge in [-0.3, -0.25) is 16.3 Å². The Morgan fingerprint density at radius 2 is 1.59 bits per heavy atom. The van der Waals surface area contributed by atoms with Gasteiger partial charge in [0.15, 0.2) is 0 Å². The predicted octanol–water partition coefficient (Wildman–Crippen LogP) is 0.782. The van der Waals surface area contributed by atoms with Crippen LogP contribution in [0, 0.1) is 14.0 Å². The van der Waals surface area contributed by atoms with Gasteiger partial charge in [0, 0.05) is 0 Å². The molecule has 1 aliphatic rings. The number of hydrogen-bond acceptors (Lipinski definition) is 2. The fourth-order valence-corrected chi connectivity index (χ4v) is 1.42. The van der Waals surface area contributed by atoms with Gasteiger partial charge in [0.2, 0.25) is 0 Å². The van der Waals surface area contributed by atoms with Gasteiger partial charge in [-0.25, -0.2) is 0 Å². The molecule has 0 aliphatic carbocycles. The Hall–Kier alpha value is 1.01. The van der Waals surface area contributed by atoms with Crippen molar-refractivity contribution in [3.63, 3.8) is 0 Å². The van der Waals surface area contributed by atoms with Gasteiger partial charge in [-0.2, -0.15) is 0 Å². The number of Topliss-reactive ketones (excluding diaryl/α,β-unsaturated/α-hetero) is 1. The van der Waals surface area contributed by atoms with E-state index >= 15 is 0 Å². The van der Waals surface area contributed by atoms with E-state index in [1.165, 1.54) is 6.42 Å². The molecular formula is C14H31KNO-. The summed E-state index contributed by atoms with van der Waals surface area (Å²) in [4.78, 5) is 12.9. The first-order valence-corrected chi connectivity index (χ1v) is 5.83. The summed E-state index contributed by atoms with van der Waals surface area (Å²) >= 11 is 0. The molecule has 0 amide bonds. The molecule has 1 fully saturated rings. The van der Waals surface area contributed by atoms with Crippen molar-refractivity contribution in [1.29, 1.82) is 0 Å². The van der Waals surface area contributed by atoms with Gasteiger partial charge < -0.3 is 14.0 Å². The van der Waals surface area contributed by atoms with E-state index in [1.807, 2.05) is 34.7 Å². The van der Waals surface area contributed by atoms with E-state index in [0.717, 1.165) is 13.0 Å². The quantitative estimate of drug-likeness (QED) is 0.517. The molecule has 3 heteroatoms. The second-order valence-corrected chi connectivity index (χ2v) is 2.75. The molecule has 0 saturated carbocycles. The maximum atomic E-state index is 10.8. The van der Waals surface area contributed by atoms with Crippen molar-refractivity contribution in [2.24, 2.45) is 0 Å². The molecular weight excluding hydrogens is 237 g/mol. The molecule has 1 unspecified atom stereocenters. The van der Waals surface area contributed by atoms with Crippen LogP contribution in [0.4, 0.5) is 0 Å². The van der Waals surface area contributed by atoms with Crippen molar-refractivity contribution < 1.29 is 56.2 Å². The number of rotatable bonds is 1. The van der Waals surface area contributed by atoms with Gasteiger partial charge in [0.1, 0.15) is 5.78 Å². The second-order valence-electron chi connectivity index (χ2n) is 2.75. The van der Waals surface area contributed by atoms with Gasteiger partial charge in [-0.15, -0.1) is 0 Å². The van der Waals surface area contributed by atoms with Crippen LogP contribution in [0.25, 0.3) is 0 Å². The fraction of sp³-hybridized carbons (Fsp3) is 0.714. The Morgan fingerprint density at radius 1 is 1.24 bits per heavy atom. The van der Waals surface area contributed by atoms with E-state index in [9.17, 15) is 4.79 Å². The zero-order valence-electron chi connectivity index (χ0n) is 13.3. The van der Waals surface area contributed by atoms with Crippen LogP contribution < -0.4 is 51.4 Å². The largest absolute Gasteiger partial charge is 1.00 e. The van der Waals surface area contributed by atoms with Crippen LogP contribution in [-0.4, -0.2) is 30.3 Å². The summed E-state index contributed by atoms with van der Waals surface area (Å²) in [6, 6.07) is 0.227. The molecule has 1 rings (SSSR count). The van der Waals surface area contributed by atoms with Crippen molar-refractivity contribution in [1.82, 2.24) is 4.90 Å². The molecule has 2 nitrogen and oxygen atoms in total. The van der Waals surface area contributed by atoms with Crippen molar-refractivity contribution in [2.75, 3.05) is 13.6 Å². The van der Waals surface area contributed by atoms with Crippen molar-refractivity contribution in [3.8, 4) is 0 Å². The Labute approximate surface area is 153 Å². The van der Waals surface area contributed by atoms with Crippen LogP contribution in [0.3, 0.4) is 0 Å². The molecule has 0 bridgehead atoms. The number of likely N-dealkylation sites (N-methyl/N-ethyl adjacent to an activating group) is 1. The van der Waals surface area contributed by atoms with E-state index in [-0.39, 0.29) is 64.9 Å².